The van der Waals surface area contributed by atoms with Crippen molar-refractivity contribution in [2.75, 3.05) is 31.1 Å². The van der Waals surface area contributed by atoms with E-state index in [1.807, 2.05) is 60.4 Å². The predicted molar refractivity (Wildman–Crippen MR) is 103 cm³/mol. The standard InChI is InChI=1S/C21H22N4O2/c1-16-18(23-21(27-16)17-7-3-2-4-8-17)15-20(26)25-13-11-24(12-14-25)19-9-5-6-10-22-19/h2-10H,11-15H2,1H3. The Labute approximate surface area is 158 Å². The SMILES string of the molecule is Cc1oc(-c2ccccc2)nc1CC(=O)N1CCN(c2ccccn2)CC1. The van der Waals surface area contributed by atoms with Crippen LogP contribution in [0.5, 0.6) is 0 Å². The molecule has 1 amide bonds. The fourth-order valence-corrected chi connectivity index (χ4v) is 3.28. The van der Waals surface area contributed by atoms with Gasteiger partial charge in [-0.1, -0.05) is 24.3 Å². The van der Waals surface area contributed by atoms with Gasteiger partial charge in [0, 0.05) is 37.9 Å². The first-order valence-corrected chi connectivity index (χ1v) is 9.16. The van der Waals surface area contributed by atoms with E-state index in [-0.39, 0.29) is 12.3 Å². The molecule has 0 unspecified atom stereocenters. The van der Waals surface area contributed by atoms with Crippen LogP contribution in [0.15, 0.2) is 59.1 Å². The van der Waals surface area contributed by atoms with Gasteiger partial charge in [0.05, 0.1) is 12.1 Å². The molecule has 4 rings (SSSR count). The van der Waals surface area contributed by atoms with Crippen molar-refractivity contribution in [1.82, 2.24) is 14.9 Å². The van der Waals surface area contributed by atoms with E-state index in [0.717, 1.165) is 24.5 Å². The highest BCUT2D eigenvalue weighted by atomic mass is 16.4. The van der Waals surface area contributed by atoms with Crippen molar-refractivity contribution in [3.63, 3.8) is 0 Å². The molecule has 1 saturated heterocycles. The maximum atomic E-state index is 12.7. The molecule has 0 atom stereocenters. The van der Waals surface area contributed by atoms with Gasteiger partial charge in [-0.05, 0) is 31.2 Å². The first-order valence-electron chi connectivity index (χ1n) is 9.16. The fourth-order valence-electron chi connectivity index (χ4n) is 3.28. The summed E-state index contributed by atoms with van der Waals surface area (Å²) in [5.74, 6) is 2.32. The third-order valence-electron chi connectivity index (χ3n) is 4.84. The zero-order chi connectivity index (χ0) is 18.6. The van der Waals surface area contributed by atoms with Crippen molar-refractivity contribution in [1.29, 1.82) is 0 Å². The summed E-state index contributed by atoms with van der Waals surface area (Å²) in [6, 6.07) is 15.6. The lowest BCUT2D eigenvalue weighted by molar-refractivity contribution is -0.130. The molecule has 0 N–H and O–H groups in total. The average Bonchev–Trinajstić information content (AvgIpc) is 3.10. The average molecular weight is 362 g/mol. The first kappa shape index (κ1) is 17.3. The topological polar surface area (TPSA) is 62.5 Å². The van der Waals surface area contributed by atoms with Crippen molar-refractivity contribution in [3.8, 4) is 11.5 Å². The van der Waals surface area contributed by atoms with Crippen molar-refractivity contribution in [2.45, 2.75) is 13.3 Å². The molecular formula is C21H22N4O2. The molecule has 6 heteroatoms. The molecule has 27 heavy (non-hydrogen) atoms. The van der Waals surface area contributed by atoms with Gasteiger partial charge in [0.25, 0.3) is 0 Å². The summed E-state index contributed by atoms with van der Waals surface area (Å²) in [5.41, 5.74) is 1.63. The van der Waals surface area contributed by atoms with Gasteiger partial charge in [-0.25, -0.2) is 9.97 Å². The number of anilines is 1. The molecule has 3 heterocycles. The van der Waals surface area contributed by atoms with Crippen LogP contribution < -0.4 is 4.90 Å². The molecule has 6 nitrogen and oxygen atoms in total. The van der Waals surface area contributed by atoms with Crippen molar-refractivity contribution in [2.24, 2.45) is 0 Å². The molecule has 2 aromatic heterocycles. The second-order valence-corrected chi connectivity index (χ2v) is 6.62. The summed E-state index contributed by atoms with van der Waals surface area (Å²) in [5, 5.41) is 0. The fraction of sp³-hybridized carbons (Fsp3) is 0.286. The lowest BCUT2D eigenvalue weighted by Crippen LogP contribution is -2.49. The highest BCUT2D eigenvalue weighted by Gasteiger charge is 2.23. The third kappa shape index (κ3) is 3.84. The highest BCUT2D eigenvalue weighted by molar-refractivity contribution is 5.79. The van der Waals surface area contributed by atoms with Gasteiger partial charge in [0.15, 0.2) is 0 Å². The second-order valence-electron chi connectivity index (χ2n) is 6.62. The first-order chi connectivity index (χ1) is 13.2. The summed E-state index contributed by atoms with van der Waals surface area (Å²) >= 11 is 0. The van der Waals surface area contributed by atoms with Crippen LogP contribution >= 0.6 is 0 Å². The second kappa shape index (κ2) is 7.61. The number of pyridine rings is 1. The number of nitrogens with zero attached hydrogens (tertiary/aromatic N) is 4. The van der Waals surface area contributed by atoms with Gasteiger partial charge < -0.3 is 14.2 Å². The number of hydrogen-bond acceptors (Lipinski definition) is 5. The zero-order valence-corrected chi connectivity index (χ0v) is 15.3. The van der Waals surface area contributed by atoms with E-state index in [1.54, 1.807) is 6.20 Å². The lowest BCUT2D eigenvalue weighted by Gasteiger charge is -2.35. The number of amides is 1. The molecule has 138 valence electrons. The van der Waals surface area contributed by atoms with Gasteiger partial charge in [-0.15, -0.1) is 0 Å². The summed E-state index contributed by atoms with van der Waals surface area (Å²) in [7, 11) is 0. The Hall–Kier alpha value is -3.15. The van der Waals surface area contributed by atoms with Crippen LogP contribution in [0.25, 0.3) is 11.5 Å². The molecule has 0 saturated carbocycles. The number of aromatic nitrogens is 2. The molecule has 0 radical (unpaired) electrons. The van der Waals surface area contributed by atoms with E-state index in [4.69, 9.17) is 4.42 Å². The Balaban J connectivity index is 1.38. The number of benzene rings is 1. The van der Waals surface area contributed by atoms with E-state index in [1.165, 1.54) is 0 Å². The normalized spacial score (nSPS) is 14.4. The largest absolute Gasteiger partial charge is 0.441 e. The molecular weight excluding hydrogens is 340 g/mol. The highest BCUT2D eigenvalue weighted by Crippen LogP contribution is 2.22. The quantitative estimate of drug-likeness (QED) is 0.714. The van der Waals surface area contributed by atoms with E-state index < -0.39 is 0 Å². The summed E-state index contributed by atoms with van der Waals surface area (Å²) < 4.78 is 5.77. The maximum Gasteiger partial charge on any atom is 0.228 e. The summed E-state index contributed by atoms with van der Waals surface area (Å²) in [6.07, 6.45) is 2.07. The Morgan fingerprint density at radius 1 is 1.04 bits per heavy atom. The number of carbonyl (C=O) groups excluding carboxylic acids is 1. The maximum absolute atomic E-state index is 12.7. The summed E-state index contributed by atoms with van der Waals surface area (Å²) in [4.78, 5) is 25.8. The van der Waals surface area contributed by atoms with E-state index >= 15 is 0 Å². The van der Waals surface area contributed by atoms with Gasteiger partial charge in [-0.3, -0.25) is 4.79 Å². The monoisotopic (exact) mass is 362 g/mol. The van der Waals surface area contributed by atoms with Crippen molar-refractivity contribution < 1.29 is 9.21 Å². The molecule has 3 aromatic rings. The van der Waals surface area contributed by atoms with Gasteiger partial charge in [-0.2, -0.15) is 0 Å². The predicted octanol–water partition coefficient (Wildman–Crippen LogP) is 2.94. The Morgan fingerprint density at radius 3 is 2.48 bits per heavy atom. The van der Waals surface area contributed by atoms with E-state index in [0.29, 0.717) is 30.4 Å². The van der Waals surface area contributed by atoms with Crippen molar-refractivity contribution in [3.05, 3.63) is 66.2 Å². The van der Waals surface area contributed by atoms with Gasteiger partial charge in [0.2, 0.25) is 11.8 Å². The van der Waals surface area contributed by atoms with Crippen LogP contribution in [-0.2, 0) is 11.2 Å². The lowest BCUT2D eigenvalue weighted by atomic mass is 10.2. The molecule has 1 aliphatic rings. The van der Waals surface area contributed by atoms with E-state index in [2.05, 4.69) is 14.9 Å². The number of rotatable bonds is 4. The minimum absolute atomic E-state index is 0.0895. The van der Waals surface area contributed by atoms with Crippen LogP contribution in [0, 0.1) is 6.92 Å². The Kier molecular flexibility index (Phi) is 4.87. The van der Waals surface area contributed by atoms with Crippen LogP contribution in [0.4, 0.5) is 5.82 Å². The molecule has 0 aliphatic carbocycles. The molecule has 1 aliphatic heterocycles. The van der Waals surface area contributed by atoms with Gasteiger partial charge >= 0.3 is 0 Å². The number of carbonyl (C=O) groups is 1. The smallest absolute Gasteiger partial charge is 0.228 e. The Morgan fingerprint density at radius 2 is 1.78 bits per heavy atom. The molecule has 1 aromatic carbocycles. The Bertz CT molecular complexity index is 900. The van der Waals surface area contributed by atoms with Crippen LogP contribution in [-0.4, -0.2) is 47.0 Å². The molecule has 1 fully saturated rings. The van der Waals surface area contributed by atoms with Crippen LogP contribution in [0.2, 0.25) is 0 Å². The summed E-state index contributed by atoms with van der Waals surface area (Å²) in [6.45, 7) is 4.82. The minimum atomic E-state index is 0.0895. The zero-order valence-electron chi connectivity index (χ0n) is 15.3. The number of oxazole rings is 1. The molecule has 0 bridgehead atoms. The van der Waals surface area contributed by atoms with Gasteiger partial charge in [0.1, 0.15) is 11.6 Å². The minimum Gasteiger partial charge on any atom is -0.441 e. The molecule has 0 spiro atoms. The number of hydrogen-bond donors (Lipinski definition) is 0. The number of aryl methyl sites for hydroxylation is 1. The van der Waals surface area contributed by atoms with Crippen LogP contribution in [0.1, 0.15) is 11.5 Å². The van der Waals surface area contributed by atoms with E-state index in [9.17, 15) is 4.79 Å². The number of piperazine rings is 1. The third-order valence-corrected chi connectivity index (χ3v) is 4.84. The van der Waals surface area contributed by atoms with Crippen molar-refractivity contribution >= 4 is 11.7 Å². The van der Waals surface area contributed by atoms with Crippen LogP contribution in [0.3, 0.4) is 0 Å².